The van der Waals surface area contributed by atoms with Crippen molar-refractivity contribution in [1.82, 2.24) is 9.88 Å². The van der Waals surface area contributed by atoms with Gasteiger partial charge in [-0.25, -0.2) is 4.79 Å². The Hall–Kier alpha value is -4.27. The van der Waals surface area contributed by atoms with E-state index < -0.39 is 30.2 Å². The number of esters is 1. The summed E-state index contributed by atoms with van der Waals surface area (Å²) in [4.78, 5) is 24.7. The molecule has 0 radical (unpaired) electrons. The van der Waals surface area contributed by atoms with Gasteiger partial charge in [0, 0.05) is 17.1 Å². The van der Waals surface area contributed by atoms with Crippen LogP contribution in [-0.2, 0) is 16.1 Å². The molecule has 39 heavy (non-hydrogen) atoms. The minimum absolute atomic E-state index is 0.0815. The standard InChI is InChI=1S/C30H25F3N2O4/c1-16(2)19-10-20(18-6-7-25-23(13-18)24(15-38-25)34-29(37)30(31,32)33)12-21(11-19)26-14-35-9-8-17-4-3-5-22(27(17)35)28(36)39-26/h3-13,16,24,26H,14-15H2,1-2H3,(H,34,37)/t24-,26-/m1/s1. The molecular formula is C30H25F3N2O4. The molecule has 3 aromatic carbocycles. The minimum Gasteiger partial charge on any atom is -0.491 e. The number of hydrogen-bond donors (Lipinski definition) is 1. The molecule has 1 N–H and O–H groups in total. The number of amides is 1. The summed E-state index contributed by atoms with van der Waals surface area (Å²) in [5.74, 6) is -1.80. The van der Waals surface area contributed by atoms with Crippen LogP contribution in [0, 0.1) is 0 Å². The van der Waals surface area contributed by atoms with Crippen molar-refractivity contribution in [3.8, 4) is 16.9 Å². The first-order chi connectivity index (χ1) is 18.6. The van der Waals surface area contributed by atoms with Gasteiger partial charge in [0.05, 0.1) is 23.7 Å². The fourth-order valence-electron chi connectivity index (χ4n) is 5.28. The molecule has 200 valence electrons. The molecule has 2 aliphatic rings. The Kier molecular flexibility index (Phi) is 5.89. The summed E-state index contributed by atoms with van der Waals surface area (Å²) in [6.45, 7) is 4.48. The quantitative estimate of drug-likeness (QED) is 0.305. The molecule has 3 heterocycles. The van der Waals surface area contributed by atoms with E-state index in [1.165, 1.54) is 0 Å². The van der Waals surface area contributed by atoms with E-state index in [9.17, 15) is 22.8 Å². The highest BCUT2D eigenvalue weighted by molar-refractivity contribution is 6.03. The average molecular weight is 535 g/mol. The second kappa shape index (κ2) is 9.18. The van der Waals surface area contributed by atoms with Gasteiger partial charge >= 0.3 is 18.1 Å². The van der Waals surface area contributed by atoms with Gasteiger partial charge in [-0.1, -0.05) is 44.2 Å². The third-order valence-electron chi connectivity index (χ3n) is 7.32. The molecule has 0 unspecified atom stereocenters. The van der Waals surface area contributed by atoms with Crippen LogP contribution in [0.25, 0.3) is 22.0 Å². The largest absolute Gasteiger partial charge is 0.491 e. The minimum atomic E-state index is -4.98. The number of carbonyl (C=O) groups excluding carboxylic acids is 2. The van der Waals surface area contributed by atoms with Crippen molar-refractivity contribution in [2.45, 2.75) is 44.6 Å². The van der Waals surface area contributed by atoms with E-state index >= 15 is 0 Å². The van der Waals surface area contributed by atoms with E-state index in [1.54, 1.807) is 18.2 Å². The molecule has 4 aromatic rings. The Morgan fingerprint density at radius 3 is 2.64 bits per heavy atom. The number of aromatic nitrogens is 1. The van der Waals surface area contributed by atoms with Crippen molar-refractivity contribution in [3.05, 3.63) is 89.1 Å². The van der Waals surface area contributed by atoms with E-state index in [0.29, 0.717) is 23.4 Å². The average Bonchev–Trinajstić information content (AvgIpc) is 3.46. The van der Waals surface area contributed by atoms with Gasteiger partial charge in [-0.3, -0.25) is 4.79 Å². The number of hydrogen-bond acceptors (Lipinski definition) is 4. The first-order valence-corrected chi connectivity index (χ1v) is 12.7. The number of ether oxygens (including phenoxy) is 2. The predicted molar refractivity (Wildman–Crippen MR) is 138 cm³/mol. The van der Waals surface area contributed by atoms with E-state index in [1.807, 2.05) is 58.5 Å². The molecule has 6 nitrogen and oxygen atoms in total. The number of carbonyl (C=O) groups is 2. The van der Waals surface area contributed by atoms with E-state index in [0.717, 1.165) is 33.2 Å². The van der Waals surface area contributed by atoms with Crippen LogP contribution in [0.2, 0.25) is 0 Å². The molecular weight excluding hydrogens is 509 g/mol. The van der Waals surface area contributed by atoms with Gasteiger partial charge in [-0.05, 0) is 58.5 Å². The molecule has 0 spiro atoms. The van der Waals surface area contributed by atoms with Crippen molar-refractivity contribution < 1.29 is 32.2 Å². The van der Waals surface area contributed by atoms with Gasteiger partial charge in [-0.15, -0.1) is 0 Å². The fraction of sp³-hybridized carbons (Fsp3) is 0.267. The lowest BCUT2D eigenvalue weighted by atomic mass is 9.91. The van der Waals surface area contributed by atoms with Crippen LogP contribution in [0.1, 0.15) is 59.0 Å². The highest BCUT2D eigenvalue weighted by Gasteiger charge is 2.41. The summed E-state index contributed by atoms with van der Waals surface area (Å²) in [7, 11) is 0. The second-order valence-electron chi connectivity index (χ2n) is 10.2. The zero-order chi connectivity index (χ0) is 27.5. The molecule has 0 bridgehead atoms. The maximum atomic E-state index is 13.1. The molecule has 2 aliphatic heterocycles. The monoisotopic (exact) mass is 534 g/mol. The van der Waals surface area contributed by atoms with Gasteiger partial charge in [0.25, 0.3) is 0 Å². The molecule has 0 fully saturated rings. The van der Waals surface area contributed by atoms with Gasteiger partial charge in [0.15, 0.2) is 0 Å². The Labute approximate surface area is 222 Å². The summed E-state index contributed by atoms with van der Waals surface area (Å²) >= 11 is 0. The van der Waals surface area contributed by atoms with Crippen LogP contribution in [0.5, 0.6) is 5.75 Å². The van der Waals surface area contributed by atoms with Crippen molar-refractivity contribution in [2.24, 2.45) is 0 Å². The summed E-state index contributed by atoms with van der Waals surface area (Å²) < 4.78 is 52.2. The lowest BCUT2D eigenvalue weighted by Crippen LogP contribution is -2.39. The maximum absolute atomic E-state index is 13.1. The van der Waals surface area contributed by atoms with E-state index in [2.05, 4.69) is 13.8 Å². The van der Waals surface area contributed by atoms with Gasteiger partial charge in [-0.2, -0.15) is 13.2 Å². The van der Waals surface area contributed by atoms with Crippen molar-refractivity contribution in [3.63, 3.8) is 0 Å². The topological polar surface area (TPSA) is 69.6 Å². The highest BCUT2D eigenvalue weighted by atomic mass is 19.4. The zero-order valence-corrected chi connectivity index (χ0v) is 21.2. The van der Waals surface area contributed by atoms with Crippen LogP contribution in [0.15, 0.2) is 66.9 Å². The van der Waals surface area contributed by atoms with Crippen LogP contribution >= 0.6 is 0 Å². The summed E-state index contributed by atoms with van der Waals surface area (Å²) in [6.07, 6.45) is -3.58. The number of nitrogens with one attached hydrogen (secondary N) is 1. The van der Waals surface area contributed by atoms with Crippen LogP contribution in [0.3, 0.4) is 0 Å². The fourth-order valence-corrected chi connectivity index (χ4v) is 5.28. The van der Waals surface area contributed by atoms with E-state index in [-0.39, 0.29) is 12.5 Å². The van der Waals surface area contributed by atoms with Gasteiger partial charge in [0.1, 0.15) is 18.5 Å². The summed E-state index contributed by atoms with van der Waals surface area (Å²) in [5, 5.41) is 2.99. The number of nitrogens with zero attached hydrogens (tertiary/aromatic N) is 1. The Morgan fingerprint density at radius 1 is 1.05 bits per heavy atom. The van der Waals surface area contributed by atoms with Crippen molar-refractivity contribution >= 4 is 22.8 Å². The summed E-state index contributed by atoms with van der Waals surface area (Å²) in [6, 6.07) is 17.9. The normalized spacial score (nSPS) is 18.5. The third kappa shape index (κ3) is 4.51. The molecule has 1 aromatic heterocycles. The lowest BCUT2D eigenvalue weighted by Gasteiger charge is -2.20. The first kappa shape index (κ1) is 25.0. The molecule has 9 heteroatoms. The number of para-hydroxylation sites is 1. The SMILES string of the molecule is CC(C)c1cc(-c2ccc3c(c2)[C@H](NC(=O)C(F)(F)F)CO3)cc([C@H]2Cn3ccc4cccc(c43)C(=O)O2)c1. The highest BCUT2D eigenvalue weighted by Crippen LogP contribution is 2.39. The van der Waals surface area contributed by atoms with Crippen LogP contribution in [0.4, 0.5) is 13.2 Å². The number of halogens is 3. The first-order valence-electron chi connectivity index (χ1n) is 12.7. The number of cyclic esters (lactones) is 1. The summed E-state index contributed by atoms with van der Waals surface area (Å²) in [5.41, 5.74) is 5.26. The van der Waals surface area contributed by atoms with Crippen LogP contribution in [-0.4, -0.2) is 29.2 Å². The zero-order valence-electron chi connectivity index (χ0n) is 21.2. The molecule has 1 amide bonds. The van der Waals surface area contributed by atoms with Gasteiger partial charge < -0.3 is 19.4 Å². The Morgan fingerprint density at radius 2 is 1.87 bits per heavy atom. The molecule has 6 rings (SSSR count). The smallest absolute Gasteiger partial charge is 0.471 e. The molecule has 2 atom stereocenters. The maximum Gasteiger partial charge on any atom is 0.471 e. The lowest BCUT2D eigenvalue weighted by molar-refractivity contribution is -0.174. The number of benzene rings is 3. The number of alkyl halides is 3. The number of fused-ring (bicyclic) bond motifs is 1. The number of rotatable bonds is 4. The van der Waals surface area contributed by atoms with Crippen LogP contribution < -0.4 is 10.1 Å². The van der Waals surface area contributed by atoms with E-state index in [4.69, 9.17) is 9.47 Å². The third-order valence-corrected chi connectivity index (χ3v) is 7.32. The molecule has 0 saturated carbocycles. The molecule has 0 aliphatic carbocycles. The Balaban J connectivity index is 1.38. The van der Waals surface area contributed by atoms with Crippen molar-refractivity contribution in [1.29, 1.82) is 0 Å². The second-order valence-corrected chi connectivity index (χ2v) is 10.2. The van der Waals surface area contributed by atoms with Gasteiger partial charge in [0.2, 0.25) is 0 Å². The Bertz CT molecular complexity index is 1620. The predicted octanol–water partition coefficient (Wildman–Crippen LogP) is 6.46. The van der Waals surface area contributed by atoms with Crippen molar-refractivity contribution in [2.75, 3.05) is 6.61 Å². The molecule has 0 saturated heterocycles.